The standard InChI is InChI=1S/C21H22N4O.CH2O2/c1-2-24-12-5-7-17(15-24)25-13-11-23-21(25)20-10-9-19(26-20)18-8-4-3-6-16(18)14-22;2-1-3/h3-4,6,8-11,13,17H,2,5,7,12,15H2,1H3;1H,(H,2,3). The first kappa shape index (κ1) is 20.4. The molecule has 1 aliphatic rings. The summed E-state index contributed by atoms with van der Waals surface area (Å²) in [6, 6.07) is 14.0. The third kappa shape index (κ3) is 4.55. The summed E-state index contributed by atoms with van der Waals surface area (Å²) in [6.07, 6.45) is 6.25. The van der Waals surface area contributed by atoms with Crippen molar-refractivity contribution in [2.24, 2.45) is 0 Å². The molecule has 1 atom stereocenters. The van der Waals surface area contributed by atoms with Gasteiger partial charge in [-0.25, -0.2) is 4.98 Å². The van der Waals surface area contributed by atoms with Crippen molar-refractivity contribution in [3.8, 4) is 29.0 Å². The van der Waals surface area contributed by atoms with Crippen molar-refractivity contribution in [3.05, 3.63) is 54.4 Å². The highest BCUT2D eigenvalue weighted by atomic mass is 16.3. The Morgan fingerprint density at radius 2 is 2.07 bits per heavy atom. The van der Waals surface area contributed by atoms with Crippen molar-refractivity contribution in [3.63, 3.8) is 0 Å². The monoisotopic (exact) mass is 392 g/mol. The minimum atomic E-state index is -0.250. The van der Waals surface area contributed by atoms with E-state index < -0.39 is 0 Å². The van der Waals surface area contributed by atoms with Gasteiger partial charge in [-0.3, -0.25) is 4.79 Å². The molecule has 7 heteroatoms. The molecule has 1 unspecified atom stereocenters. The lowest BCUT2D eigenvalue weighted by Crippen LogP contribution is -2.36. The molecule has 3 aromatic rings. The molecule has 0 aliphatic carbocycles. The van der Waals surface area contributed by atoms with Crippen molar-refractivity contribution < 1.29 is 14.3 Å². The molecule has 0 radical (unpaired) electrons. The predicted molar refractivity (Wildman–Crippen MR) is 109 cm³/mol. The fraction of sp³-hybridized carbons (Fsp3) is 0.318. The van der Waals surface area contributed by atoms with Crippen molar-refractivity contribution in [1.82, 2.24) is 14.5 Å². The summed E-state index contributed by atoms with van der Waals surface area (Å²) in [5, 5.41) is 16.2. The van der Waals surface area contributed by atoms with E-state index in [-0.39, 0.29) is 6.47 Å². The van der Waals surface area contributed by atoms with Crippen LogP contribution in [0.25, 0.3) is 22.9 Å². The zero-order valence-corrected chi connectivity index (χ0v) is 16.4. The maximum atomic E-state index is 9.32. The summed E-state index contributed by atoms with van der Waals surface area (Å²) in [5.74, 6) is 2.30. The first-order chi connectivity index (χ1) is 14.2. The number of nitrogens with zero attached hydrogens (tertiary/aromatic N) is 4. The number of carboxylic acid groups (broad SMARTS) is 1. The number of piperidine rings is 1. The predicted octanol–water partition coefficient (Wildman–Crippen LogP) is 4.04. The molecular formula is C22H24N4O3. The Labute approximate surface area is 169 Å². The maximum absolute atomic E-state index is 9.32. The lowest BCUT2D eigenvalue weighted by Gasteiger charge is -2.33. The largest absolute Gasteiger partial charge is 0.483 e. The second-order valence-corrected chi connectivity index (χ2v) is 6.77. The minimum Gasteiger partial charge on any atom is -0.483 e. The van der Waals surface area contributed by atoms with E-state index in [4.69, 9.17) is 14.3 Å². The molecule has 150 valence electrons. The Bertz CT molecular complexity index is 986. The number of hydrogen-bond donors (Lipinski definition) is 1. The van der Waals surface area contributed by atoms with Gasteiger partial charge in [-0.2, -0.15) is 5.26 Å². The average molecular weight is 392 g/mol. The van der Waals surface area contributed by atoms with Crippen LogP contribution in [0.5, 0.6) is 0 Å². The van der Waals surface area contributed by atoms with Crippen LogP contribution in [0.4, 0.5) is 0 Å². The summed E-state index contributed by atoms with van der Waals surface area (Å²) in [4.78, 5) is 15.4. The third-order valence-electron chi connectivity index (χ3n) is 5.13. The third-order valence-corrected chi connectivity index (χ3v) is 5.13. The van der Waals surface area contributed by atoms with E-state index in [1.807, 2.05) is 42.7 Å². The summed E-state index contributed by atoms with van der Waals surface area (Å²) in [7, 11) is 0. The van der Waals surface area contributed by atoms with Gasteiger partial charge in [0, 0.05) is 30.5 Å². The molecule has 4 rings (SSSR count). The molecule has 29 heavy (non-hydrogen) atoms. The van der Waals surface area contributed by atoms with Gasteiger partial charge in [-0.1, -0.05) is 19.1 Å². The zero-order valence-electron chi connectivity index (χ0n) is 16.4. The van der Waals surface area contributed by atoms with E-state index >= 15 is 0 Å². The zero-order chi connectivity index (χ0) is 20.6. The van der Waals surface area contributed by atoms with Crippen molar-refractivity contribution >= 4 is 6.47 Å². The topological polar surface area (TPSA) is 95.3 Å². The maximum Gasteiger partial charge on any atom is 0.290 e. The molecule has 1 saturated heterocycles. The second kappa shape index (κ2) is 9.71. The van der Waals surface area contributed by atoms with Crippen LogP contribution in [0.1, 0.15) is 31.4 Å². The number of likely N-dealkylation sites (tertiary alicyclic amines) is 1. The number of aromatic nitrogens is 2. The van der Waals surface area contributed by atoms with Crippen LogP contribution in [0.15, 0.2) is 53.2 Å². The molecule has 1 aliphatic heterocycles. The smallest absolute Gasteiger partial charge is 0.290 e. The fourth-order valence-electron chi connectivity index (χ4n) is 3.74. The Balaban J connectivity index is 0.000000755. The molecule has 1 fully saturated rings. The highest BCUT2D eigenvalue weighted by Crippen LogP contribution is 2.32. The average Bonchev–Trinajstić information content (AvgIpc) is 3.44. The van der Waals surface area contributed by atoms with Gasteiger partial charge in [0.15, 0.2) is 11.6 Å². The summed E-state index contributed by atoms with van der Waals surface area (Å²) in [6.45, 7) is 5.26. The van der Waals surface area contributed by atoms with Gasteiger partial charge in [-0.05, 0) is 50.2 Å². The lowest BCUT2D eigenvalue weighted by atomic mass is 10.1. The van der Waals surface area contributed by atoms with E-state index in [1.165, 1.54) is 13.0 Å². The van der Waals surface area contributed by atoms with Gasteiger partial charge in [0.2, 0.25) is 0 Å². The van der Waals surface area contributed by atoms with Gasteiger partial charge in [-0.15, -0.1) is 0 Å². The Hall–Kier alpha value is -3.37. The second-order valence-electron chi connectivity index (χ2n) is 6.77. The Kier molecular flexibility index (Phi) is 6.82. The molecule has 1 aromatic carbocycles. The molecule has 1 N–H and O–H groups in total. The van der Waals surface area contributed by atoms with Crippen LogP contribution in [0.3, 0.4) is 0 Å². The lowest BCUT2D eigenvalue weighted by molar-refractivity contribution is -0.122. The van der Waals surface area contributed by atoms with E-state index in [0.29, 0.717) is 17.4 Å². The fourth-order valence-corrected chi connectivity index (χ4v) is 3.74. The number of benzene rings is 1. The van der Waals surface area contributed by atoms with Crippen molar-refractivity contribution in [2.75, 3.05) is 19.6 Å². The number of imidazole rings is 1. The number of carbonyl (C=O) groups is 1. The van der Waals surface area contributed by atoms with Crippen molar-refractivity contribution in [1.29, 1.82) is 5.26 Å². The first-order valence-electron chi connectivity index (χ1n) is 9.64. The number of nitriles is 1. The molecule has 7 nitrogen and oxygen atoms in total. The van der Waals surface area contributed by atoms with Crippen LogP contribution in [-0.2, 0) is 4.79 Å². The Morgan fingerprint density at radius 3 is 2.83 bits per heavy atom. The number of furan rings is 1. The molecular weight excluding hydrogens is 368 g/mol. The molecule has 0 spiro atoms. The molecule has 2 aromatic heterocycles. The van der Waals surface area contributed by atoms with Crippen LogP contribution < -0.4 is 0 Å². The normalized spacial score (nSPS) is 16.5. The number of likely N-dealkylation sites (N-methyl/N-ethyl adjacent to an activating group) is 1. The van der Waals surface area contributed by atoms with Gasteiger partial charge in [0.25, 0.3) is 6.47 Å². The van der Waals surface area contributed by atoms with Crippen LogP contribution in [-0.4, -0.2) is 45.7 Å². The first-order valence-corrected chi connectivity index (χ1v) is 9.64. The van der Waals surface area contributed by atoms with E-state index in [2.05, 4.69) is 27.4 Å². The van der Waals surface area contributed by atoms with Gasteiger partial charge in [0.1, 0.15) is 5.76 Å². The number of hydrogen-bond acceptors (Lipinski definition) is 5. The van der Waals surface area contributed by atoms with Gasteiger partial charge in [0.05, 0.1) is 11.6 Å². The van der Waals surface area contributed by atoms with Gasteiger partial charge < -0.3 is 19.0 Å². The molecule has 0 amide bonds. The number of rotatable bonds is 4. The highest BCUT2D eigenvalue weighted by molar-refractivity contribution is 5.68. The van der Waals surface area contributed by atoms with E-state index in [1.54, 1.807) is 6.07 Å². The van der Waals surface area contributed by atoms with Crippen LogP contribution in [0, 0.1) is 11.3 Å². The molecule has 3 heterocycles. The highest BCUT2D eigenvalue weighted by Gasteiger charge is 2.23. The van der Waals surface area contributed by atoms with Crippen LogP contribution in [0.2, 0.25) is 0 Å². The van der Waals surface area contributed by atoms with E-state index in [0.717, 1.165) is 36.7 Å². The van der Waals surface area contributed by atoms with Gasteiger partial charge >= 0.3 is 0 Å². The quantitative estimate of drug-likeness (QED) is 0.673. The van der Waals surface area contributed by atoms with Crippen LogP contribution >= 0.6 is 0 Å². The Morgan fingerprint density at radius 1 is 1.31 bits per heavy atom. The minimum absolute atomic E-state index is 0.250. The summed E-state index contributed by atoms with van der Waals surface area (Å²) >= 11 is 0. The summed E-state index contributed by atoms with van der Waals surface area (Å²) < 4.78 is 8.33. The molecule has 0 saturated carbocycles. The SMILES string of the molecule is CCN1CCCC(n2ccnc2-c2ccc(-c3ccccc3C#N)o2)C1.O=CO. The van der Waals surface area contributed by atoms with E-state index in [9.17, 15) is 5.26 Å². The van der Waals surface area contributed by atoms with Crippen molar-refractivity contribution in [2.45, 2.75) is 25.8 Å². The molecule has 0 bridgehead atoms. The summed E-state index contributed by atoms with van der Waals surface area (Å²) in [5.41, 5.74) is 1.43.